The maximum absolute atomic E-state index is 11.9. The number of aliphatic carboxylic acids is 1. The summed E-state index contributed by atoms with van der Waals surface area (Å²) in [6, 6.07) is 4.18. The van der Waals surface area contributed by atoms with Gasteiger partial charge in [-0.3, -0.25) is 4.79 Å². The van der Waals surface area contributed by atoms with Crippen LogP contribution in [0.2, 0.25) is 0 Å². The number of carbonyl (C=O) groups excluding carboxylic acids is 1. The van der Waals surface area contributed by atoms with Crippen molar-refractivity contribution in [1.29, 1.82) is 0 Å². The van der Waals surface area contributed by atoms with Crippen molar-refractivity contribution in [2.24, 2.45) is 5.92 Å². The summed E-state index contributed by atoms with van der Waals surface area (Å²) in [5.74, 6) is -1.60. The van der Waals surface area contributed by atoms with E-state index in [9.17, 15) is 9.59 Å². The molecule has 1 amide bonds. The van der Waals surface area contributed by atoms with Gasteiger partial charge in [-0.2, -0.15) is 0 Å². The molecule has 5 heteroatoms. The van der Waals surface area contributed by atoms with Gasteiger partial charge in [0.05, 0.1) is 0 Å². The van der Waals surface area contributed by atoms with Crippen molar-refractivity contribution in [1.82, 2.24) is 10.3 Å². The van der Waals surface area contributed by atoms with Gasteiger partial charge >= 0.3 is 5.97 Å². The summed E-state index contributed by atoms with van der Waals surface area (Å²) in [5.41, 5.74) is 0.961. The predicted octanol–water partition coefficient (Wildman–Crippen LogP) is 1.62. The predicted molar refractivity (Wildman–Crippen MR) is 67.3 cm³/mol. The van der Waals surface area contributed by atoms with Crippen LogP contribution in [0.5, 0.6) is 0 Å². The zero-order chi connectivity index (χ0) is 13.7. The summed E-state index contributed by atoms with van der Waals surface area (Å²) in [6.07, 6.45) is 0.679. The molecule has 0 fully saturated rings. The molecule has 18 heavy (non-hydrogen) atoms. The third-order valence-electron chi connectivity index (χ3n) is 2.89. The minimum absolute atomic E-state index is 0.128. The number of rotatable bonds is 5. The van der Waals surface area contributed by atoms with Crippen LogP contribution < -0.4 is 5.32 Å². The van der Waals surface area contributed by atoms with Gasteiger partial charge in [0, 0.05) is 5.69 Å². The molecular weight excluding hydrogens is 232 g/mol. The molecule has 0 aromatic carbocycles. The molecule has 1 aromatic heterocycles. The number of carbonyl (C=O) groups is 2. The molecular formula is C13H18N2O3. The smallest absolute Gasteiger partial charge is 0.326 e. The highest BCUT2D eigenvalue weighted by atomic mass is 16.4. The normalized spacial score (nSPS) is 13.7. The highest BCUT2D eigenvalue weighted by Gasteiger charge is 2.26. The average molecular weight is 250 g/mol. The van der Waals surface area contributed by atoms with Crippen molar-refractivity contribution in [2.75, 3.05) is 0 Å². The zero-order valence-corrected chi connectivity index (χ0v) is 10.8. The Kier molecular flexibility index (Phi) is 4.83. The molecule has 0 aliphatic heterocycles. The van der Waals surface area contributed by atoms with Gasteiger partial charge < -0.3 is 10.4 Å². The molecule has 0 aliphatic rings. The van der Waals surface area contributed by atoms with E-state index < -0.39 is 17.9 Å². The van der Waals surface area contributed by atoms with E-state index >= 15 is 0 Å². The van der Waals surface area contributed by atoms with E-state index in [1.165, 1.54) is 0 Å². The highest BCUT2D eigenvalue weighted by molar-refractivity contribution is 5.95. The second-order valence-corrected chi connectivity index (χ2v) is 4.34. The van der Waals surface area contributed by atoms with Crippen LogP contribution in [0, 0.1) is 12.8 Å². The second kappa shape index (κ2) is 6.14. The number of pyridine rings is 1. The molecule has 1 rings (SSSR count). The number of aryl methyl sites for hydroxylation is 1. The summed E-state index contributed by atoms with van der Waals surface area (Å²) >= 11 is 0. The van der Waals surface area contributed by atoms with Gasteiger partial charge in [-0.05, 0) is 25.0 Å². The summed E-state index contributed by atoms with van der Waals surface area (Å²) in [5, 5.41) is 11.6. The number of carboxylic acids is 1. The van der Waals surface area contributed by atoms with Crippen LogP contribution in [-0.4, -0.2) is 28.0 Å². The lowest BCUT2D eigenvalue weighted by atomic mass is 9.99. The van der Waals surface area contributed by atoms with Crippen LogP contribution in [0.15, 0.2) is 18.2 Å². The summed E-state index contributed by atoms with van der Waals surface area (Å²) in [7, 11) is 0. The van der Waals surface area contributed by atoms with Gasteiger partial charge in [-0.25, -0.2) is 9.78 Å². The lowest BCUT2D eigenvalue weighted by molar-refractivity contribution is -0.140. The number of amides is 1. The second-order valence-electron chi connectivity index (χ2n) is 4.34. The minimum atomic E-state index is -1.02. The Bertz CT molecular complexity index is 446. The third-order valence-corrected chi connectivity index (χ3v) is 2.89. The molecule has 1 aromatic rings. The van der Waals surface area contributed by atoms with Crippen molar-refractivity contribution in [3.8, 4) is 0 Å². The van der Waals surface area contributed by atoms with E-state index in [4.69, 9.17) is 5.11 Å². The molecule has 0 radical (unpaired) electrons. The van der Waals surface area contributed by atoms with Crippen molar-refractivity contribution in [3.63, 3.8) is 0 Å². The fraction of sp³-hybridized carbons (Fsp3) is 0.462. The average Bonchev–Trinajstić information content (AvgIpc) is 2.34. The third kappa shape index (κ3) is 3.55. The lowest BCUT2D eigenvalue weighted by Gasteiger charge is -2.19. The van der Waals surface area contributed by atoms with Crippen molar-refractivity contribution < 1.29 is 14.7 Å². The van der Waals surface area contributed by atoms with Crippen molar-refractivity contribution >= 4 is 11.9 Å². The Labute approximate surface area is 106 Å². The van der Waals surface area contributed by atoms with Crippen LogP contribution in [0.25, 0.3) is 0 Å². The number of nitrogens with zero attached hydrogens (tertiary/aromatic N) is 1. The van der Waals surface area contributed by atoms with Gasteiger partial charge in [-0.1, -0.05) is 26.3 Å². The molecule has 2 atom stereocenters. The Morgan fingerprint density at radius 1 is 1.44 bits per heavy atom. The quantitative estimate of drug-likeness (QED) is 0.832. The molecule has 0 aliphatic carbocycles. The van der Waals surface area contributed by atoms with Crippen LogP contribution in [0.3, 0.4) is 0 Å². The maximum Gasteiger partial charge on any atom is 0.326 e. The van der Waals surface area contributed by atoms with E-state index in [-0.39, 0.29) is 11.6 Å². The molecule has 5 nitrogen and oxygen atoms in total. The first kappa shape index (κ1) is 14.2. The fourth-order valence-corrected chi connectivity index (χ4v) is 1.57. The molecule has 1 unspecified atom stereocenters. The van der Waals surface area contributed by atoms with Crippen molar-refractivity contribution in [3.05, 3.63) is 29.6 Å². The molecule has 2 N–H and O–H groups in total. The van der Waals surface area contributed by atoms with E-state index in [1.807, 2.05) is 6.92 Å². The number of carboxylic acid groups (broad SMARTS) is 1. The topological polar surface area (TPSA) is 79.3 Å². The summed E-state index contributed by atoms with van der Waals surface area (Å²) < 4.78 is 0. The maximum atomic E-state index is 11.9. The highest BCUT2D eigenvalue weighted by Crippen LogP contribution is 2.09. The molecule has 1 heterocycles. The van der Waals surface area contributed by atoms with E-state index in [1.54, 1.807) is 32.0 Å². The van der Waals surface area contributed by atoms with Gasteiger partial charge in [0.25, 0.3) is 5.91 Å². The van der Waals surface area contributed by atoms with E-state index in [0.29, 0.717) is 6.42 Å². The lowest BCUT2D eigenvalue weighted by Crippen LogP contribution is -2.45. The van der Waals surface area contributed by atoms with Crippen LogP contribution in [-0.2, 0) is 4.79 Å². The fourth-order valence-electron chi connectivity index (χ4n) is 1.57. The standard InChI is InChI=1S/C13H18N2O3/c1-4-8(2)11(13(17)18)15-12(16)10-7-5-6-9(3)14-10/h5-8,11H,4H2,1-3H3,(H,15,16)(H,17,18)/t8?,11-/m0/s1. The van der Waals surface area contributed by atoms with Crippen LogP contribution >= 0.6 is 0 Å². The van der Waals surface area contributed by atoms with Crippen molar-refractivity contribution in [2.45, 2.75) is 33.2 Å². The SMILES string of the molecule is CCC(C)[C@H](NC(=O)c1cccc(C)n1)C(=O)O. The monoisotopic (exact) mass is 250 g/mol. The Balaban J connectivity index is 2.82. The zero-order valence-electron chi connectivity index (χ0n) is 10.8. The first-order valence-corrected chi connectivity index (χ1v) is 5.93. The largest absolute Gasteiger partial charge is 0.480 e. The molecule has 0 bridgehead atoms. The number of aromatic nitrogens is 1. The van der Waals surface area contributed by atoms with Gasteiger partial charge in [-0.15, -0.1) is 0 Å². The molecule has 0 spiro atoms. The minimum Gasteiger partial charge on any atom is -0.480 e. The van der Waals surface area contributed by atoms with E-state index in [2.05, 4.69) is 10.3 Å². The number of hydrogen-bond acceptors (Lipinski definition) is 3. The number of nitrogens with one attached hydrogen (secondary N) is 1. The van der Waals surface area contributed by atoms with Crippen LogP contribution in [0.1, 0.15) is 36.5 Å². The number of hydrogen-bond donors (Lipinski definition) is 2. The first-order chi connectivity index (χ1) is 8.45. The summed E-state index contributed by atoms with van der Waals surface area (Å²) in [6.45, 7) is 5.46. The van der Waals surface area contributed by atoms with Crippen LogP contribution in [0.4, 0.5) is 0 Å². The molecule has 98 valence electrons. The first-order valence-electron chi connectivity index (χ1n) is 5.93. The Hall–Kier alpha value is -1.91. The van der Waals surface area contributed by atoms with Gasteiger partial charge in [0.2, 0.25) is 0 Å². The Morgan fingerprint density at radius 2 is 2.11 bits per heavy atom. The summed E-state index contributed by atoms with van der Waals surface area (Å²) in [4.78, 5) is 27.1. The van der Waals surface area contributed by atoms with E-state index in [0.717, 1.165) is 5.69 Å². The Morgan fingerprint density at radius 3 is 2.61 bits per heavy atom. The molecule has 0 saturated heterocycles. The van der Waals surface area contributed by atoms with Gasteiger partial charge in [0.15, 0.2) is 0 Å². The molecule has 0 saturated carbocycles. The van der Waals surface area contributed by atoms with Gasteiger partial charge in [0.1, 0.15) is 11.7 Å².